The van der Waals surface area contributed by atoms with Crippen LogP contribution in [0.2, 0.25) is 0 Å². The van der Waals surface area contributed by atoms with Gasteiger partial charge in [-0.2, -0.15) is 0 Å². The fraction of sp³-hybridized carbons (Fsp3) is 0.692. The van der Waals surface area contributed by atoms with Gasteiger partial charge in [-0.15, -0.1) is 0 Å². The summed E-state index contributed by atoms with van der Waals surface area (Å²) in [6, 6.07) is 0. The number of allylic oxidation sites excluding steroid dienone is 2. The number of hydrogen-bond acceptors (Lipinski definition) is 2. The van der Waals surface area contributed by atoms with E-state index >= 15 is 0 Å². The van der Waals surface area contributed by atoms with E-state index in [0.29, 0.717) is 32.1 Å². The lowest BCUT2D eigenvalue weighted by atomic mass is 9.54. The van der Waals surface area contributed by atoms with Gasteiger partial charge in [-0.05, 0) is 25.7 Å². The highest BCUT2D eigenvalue weighted by atomic mass is 16.4. The van der Waals surface area contributed by atoms with Crippen LogP contribution in [0.15, 0.2) is 12.2 Å². The van der Waals surface area contributed by atoms with Gasteiger partial charge in [-0.1, -0.05) is 32.4 Å². The molecule has 0 aromatic carbocycles. The van der Waals surface area contributed by atoms with E-state index in [1.807, 2.05) is 6.92 Å². The standard InChI is InChI=1S/C13H20O4/c1-3-7-13(11(16)17)9-6-5-8-12(13,4-2)10(14)15/h5-6H,3-4,7-9H2,1-2H3,(H,14,15)(H,16,17)/t12-,13-/m1/s1. The fourth-order valence-corrected chi connectivity index (χ4v) is 3.05. The molecule has 0 heterocycles. The summed E-state index contributed by atoms with van der Waals surface area (Å²) < 4.78 is 0. The minimum absolute atomic E-state index is 0.311. The Morgan fingerprint density at radius 1 is 1.06 bits per heavy atom. The first-order valence-corrected chi connectivity index (χ1v) is 6.08. The van der Waals surface area contributed by atoms with Gasteiger partial charge in [-0.3, -0.25) is 9.59 Å². The molecular weight excluding hydrogens is 220 g/mol. The molecule has 0 aliphatic heterocycles. The maximum Gasteiger partial charge on any atom is 0.311 e. The Morgan fingerprint density at radius 3 is 1.88 bits per heavy atom. The summed E-state index contributed by atoms with van der Waals surface area (Å²) in [5.74, 6) is -1.96. The topological polar surface area (TPSA) is 74.6 Å². The lowest BCUT2D eigenvalue weighted by Gasteiger charge is -2.46. The molecule has 0 amide bonds. The van der Waals surface area contributed by atoms with E-state index in [0.717, 1.165) is 0 Å². The second-order valence-corrected chi connectivity index (χ2v) is 4.76. The van der Waals surface area contributed by atoms with Gasteiger partial charge in [0.15, 0.2) is 0 Å². The molecular formula is C13H20O4. The van der Waals surface area contributed by atoms with Crippen molar-refractivity contribution < 1.29 is 19.8 Å². The summed E-state index contributed by atoms with van der Waals surface area (Å²) in [6.45, 7) is 3.66. The van der Waals surface area contributed by atoms with Crippen LogP contribution in [-0.4, -0.2) is 22.2 Å². The van der Waals surface area contributed by atoms with Gasteiger partial charge in [0.1, 0.15) is 0 Å². The first-order valence-electron chi connectivity index (χ1n) is 6.08. The van der Waals surface area contributed by atoms with Gasteiger partial charge in [0.2, 0.25) is 0 Å². The summed E-state index contributed by atoms with van der Waals surface area (Å²) in [7, 11) is 0. The van der Waals surface area contributed by atoms with Crippen LogP contribution in [0.4, 0.5) is 0 Å². The zero-order valence-corrected chi connectivity index (χ0v) is 10.4. The lowest BCUT2D eigenvalue weighted by Crippen LogP contribution is -2.53. The Bertz CT molecular complexity index is 347. The van der Waals surface area contributed by atoms with E-state index in [1.54, 1.807) is 19.1 Å². The molecule has 4 nitrogen and oxygen atoms in total. The normalized spacial score (nSPS) is 32.4. The van der Waals surface area contributed by atoms with Gasteiger partial charge in [0, 0.05) is 0 Å². The Balaban J connectivity index is 3.35. The molecule has 1 aliphatic carbocycles. The first-order chi connectivity index (χ1) is 7.97. The fourth-order valence-electron chi connectivity index (χ4n) is 3.05. The number of carbonyl (C=O) groups is 2. The van der Waals surface area contributed by atoms with Crippen LogP contribution in [-0.2, 0) is 9.59 Å². The third kappa shape index (κ3) is 1.85. The summed E-state index contributed by atoms with van der Waals surface area (Å²) in [4.78, 5) is 23.3. The van der Waals surface area contributed by atoms with Crippen molar-refractivity contribution in [3.05, 3.63) is 12.2 Å². The molecule has 0 saturated carbocycles. The van der Waals surface area contributed by atoms with Crippen LogP contribution in [0, 0.1) is 10.8 Å². The third-order valence-electron chi connectivity index (χ3n) is 4.11. The minimum atomic E-state index is -1.16. The number of carboxylic acid groups (broad SMARTS) is 2. The van der Waals surface area contributed by atoms with Gasteiger partial charge >= 0.3 is 11.9 Å². The molecule has 0 saturated heterocycles. The predicted octanol–water partition coefficient (Wildman–Crippen LogP) is 2.69. The van der Waals surface area contributed by atoms with Gasteiger partial charge < -0.3 is 10.2 Å². The molecule has 17 heavy (non-hydrogen) atoms. The molecule has 4 heteroatoms. The molecule has 0 radical (unpaired) electrons. The zero-order valence-electron chi connectivity index (χ0n) is 10.4. The second-order valence-electron chi connectivity index (χ2n) is 4.76. The van der Waals surface area contributed by atoms with Gasteiger partial charge in [-0.25, -0.2) is 0 Å². The third-order valence-corrected chi connectivity index (χ3v) is 4.11. The Labute approximate surface area is 101 Å². The average molecular weight is 240 g/mol. The number of aliphatic carboxylic acids is 2. The summed E-state index contributed by atoms with van der Waals surface area (Å²) >= 11 is 0. The van der Waals surface area contributed by atoms with Crippen LogP contribution < -0.4 is 0 Å². The highest BCUT2D eigenvalue weighted by molar-refractivity contribution is 5.87. The molecule has 0 spiro atoms. The van der Waals surface area contributed by atoms with E-state index < -0.39 is 22.8 Å². The molecule has 0 fully saturated rings. The van der Waals surface area contributed by atoms with Crippen molar-refractivity contribution in [2.24, 2.45) is 10.8 Å². The zero-order chi connectivity index (χ0) is 13.1. The van der Waals surface area contributed by atoms with E-state index in [4.69, 9.17) is 0 Å². The highest BCUT2D eigenvalue weighted by Crippen LogP contribution is 2.53. The molecule has 0 bridgehead atoms. The van der Waals surface area contributed by atoms with Crippen molar-refractivity contribution in [3.63, 3.8) is 0 Å². The smallest absolute Gasteiger partial charge is 0.311 e. The number of hydrogen-bond donors (Lipinski definition) is 2. The summed E-state index contributed by atoms with van der Waals surface area (Å²) in [6.07, 6.45) is 5.66. The van der Waals surface area contributed by atoms with Crippen molar-refractivity contribution in [2.45, 2.75) is 46.0 Å². The van der Waals surface area contributed by atoms with Crippen LogP contribution >= 0.6 is 0 Å². The van der Waals surface area contributed by atoms with Crippen molar-refractivity contribution in [1.29, 1.82) is 0 Å². The number of carboxylic acids is 2. The first kappa shape index (κ1) is 13.7. The van der Waals surface area contributed by atoms with Crippen molar-refractivity contribution in [1.82, 2.24) is 0 Å². The molecule has 96 valence electrons. The van der Waals surface area contributed by atoms with Crippen molar-refractivity contribution in [3.8, 4) is 0 Å². The van der Waals surface area contributed by atoms with Crippen molar-refractivity contribution in [2.75, 3.05) is 0 Å². The lowest BCUT2D eigenvalue weighted by molar-refractivity contribution is -0.176. The Morgan fingerprint density at radius 2 is 1.53 bits per heavy atom. The van der Waals surface area contributed by atoms with Crippen LogP contribution in [0.1, 0.15) is 46.0 Å². The molecule has 0 aromatic heterocycles. The maximum atomic E-state index is 11.6. The highest BCUT2D eigenvalue weighted by Gasteiger charge is 2.59. The SMILES string of the molecule is CCC[C@]1(C(=O)O)CC=CC[C@]1(CC)C(=O)O. The molecule has 0 unspecified atom stereocenters. The monoisotopic (exact) mass is 240 g/mol. The van der Waals surface area contributed by atoms with E-state index in [2.05, 4.69) is 0 Å². The van der Waals surface area contributed by atoms with Gasteiger partial charge in [0.05, 0.1) is 10.8 Å². The van der Waals surface area contributed by atoms with E-state index in [-0.39, 0.29) is 0 Å². The maximum absolute atomic E-state index is 11.6. The van der Waals surface area contributed by atoms with E-state index in [9.17, 15) is 19.8 Å². The summed E-state index contributed by atoms with van der Waals surface area (Å²) in [5, 5.41) is 19.0. The van der Waals surface area contributed by atoms with Crippen LogP contribution in [0.25, 0.3) is 0 Å². The van der Waals surface area contributed by atoms with E-state index in [1.165, 1.54) is 0 Å². The van der Waals surface area contributed by atoms with Crippen molar-refractivity contribution >= 4 is 11.9 Å². The molecule has 0 aromatic rings. The average Bonchev–Trinajstić information content (AvgIpc) is 2.29. The quantitative estimate of drug-likeness (QED) is 0.724. The minimum Gasteiger partial charge on any atom is -0.481 e. The largest absolute Gasteiger partial charge is 0.481 e. The van der Waals surface area contributed by atoms with Crippen LogP contribution in [0.5, 0.6) is 0 Å². The molecule has 1 rings (SSSR count). The predicted molar refractivity (Wildman–Crippen MR) is 63.7 cm³/mol. The molecule has 2 N–H and O–H groups in total. The molecule has 1 aliphatic rings. The Kier molecular flexibility index (Phi) is 3.96. The van der Waals surface area contributed by atoms with Crippen LogP contribution in [0.3, 0.4) is 0 Å². The summed E-state index contributed by atoms with van der Waals surface area (Å²) in [5.41, 5.74) is -2.32. The number of rotatable bonds is 5. The van der Waals surface area contributed by atoms with Gasteiger partial charge in [0.25, 0.3) is 0 Å². The Hall–Kier alpha value is -1.32. The second kappa shape index (κ2) is 4.90. The molecule has 2 atom stereocenters.